The molecule has 9 heteroatoms. The predicted molar refractivity (Wildman–Crippen MR) is 150 cm³/mol. The number of esters is 3. The van der Waals surface area contributed by atoms with E-state index < -0.39 is 64.6 Å². The zero-order valence-electron chi connectivity index (χ0n) is 25.5. The van der Waals surface area contributed by atoms with Gasteiger partial charge in [-0.25, -0.2) is 4.79 Å². The van der Waals surface area contributed by atoms with Crippen molar-refractivity contribution in [3.8, 4) is 0 Å². The summed E-state index contributed by atoms with van der Waals surface area (Å²) in [6.07, 6.45) is 2.52. The highest BCUT2D eigenvalue weighted by Gasteiger charge is 2.77. The minimum Gasteiger partial charge on any atom is -0.472 e. The van der Waals surface area contributed by atoms with Crippen LogP contribution in [0.25, 0.3) is 0 Å². The molecule has 2 saturated heterocycles. The first-order chi connectivity index (χ1) is 19.8. The van der Waals surface area contributed by atoms with E-state index in [0.717, 1.165) is 16.7 Å². The maximum atomic E-state index is 13.6. The molecule has 0 unspecified atom stereocenters. The smallest absolute Gasteiger partial charge is 0.333 e. The van der Waals surface area contributed by atoms with Gasteiger partial charge in [0, 0.05) is 53.4 Å². The van der Waals surface area contributed by atoms with Crippen LogP contribution in [-0.2, 0) is 33.3 Å². The lowest BCUT2D eigenvalue weighted by molar-refractivity contribution is -0.253. The topological polar surface area (TPSA) is 122 Å². The maximum absolute atomic E-state index is 13.6. The SMILES string of the molecule is C/C=C(\C)C(=O)O[C@H]1[C@H]2OC[C@@]3(C)[C@@H](OC(C)=O)C[C@@H](O)[C@](C)([C@H]23)[C@@H]2CC(=O)O[C@@H]3C[C@H](c4ccoc4)C(C)=C3[C@]21C. The van der Waals surface area contributed by atoms with E-state index in [4.69, 9.17) is 23.4 Å². The number of fused-ring (bicyclic) bond motifs is 4. The molecule has 9 nitrogen and oxygen atoms in total. The third-order valence-electron chi connectivity index (χ3n) is 11.7. The molecule has 42 heavy (non-hydrogen) atoms. The monoisotopic (exact) mass is 582 g/mol. The molecule has 3 aliphatic carbocycles. The van der Waals surface area contributed by atoms with E-state index in [9.17, 15) is 19.5 Å². The van der Waals surface area contributed by atoms with Crippen LogP contribution in [-0.4, -0.2) is 60.1 Å². The van der Waals surface area contributed by atoms with Gasteiger partial charge < -0.3 is 28.5 Å². The molecular formula is C33H42O9. The standard InChI is InChI=1S/C33H42O9/c1-8-16(2)30(37)42-29-27-28-31(5,15-39-27)24(40-18(4)34)13-23(35)32(28,6)22-12-25(36)41-21-11-20(19-9-10-38-14-19)17(3)26(21)33(22,29)7/h8-10,14,20-24,27-29,35H,11-13,15H2,1-7H3/b16-8+/t20-,21+,22-,23+,24-,27-,28+,29-,31-,32+,33-/m0/s1. The van der Waals surface area contributed by atoms with Gasteiger partial charge >= 0.3 is 17.9 Å². The Bertz CT molecular complexity index is 1360. The van der Waals surface area contributed by atoms with Crippen molar-refractivity contribution in [3.05, 3.63) is 47.0 Å². The summed E-state index contributed by atoms with van der Waals surface area (Å²) >= 11 is 0. The number of carbonyl (C=O) groups is 3. The van der Waals surface area contributed by atoms with Crippen molar-refractivity contribution in [2.24, 2.45) is 28.1 Å². The van der Waals surface area contributed by atoms with Gasteiger partial charge in [-0.3, -0.25) is 9.59 Å². The summed E-state index contributed by atoms with van der Waals surface area (Å²) in [5.74, 6) is -2.06. The largest absolute Gasteiger partial charge is 0.472 e. The Morgan fingerprint density at radius 2 is 1.88 bits per heavy atom. The van der Waals surface area contributed by atoms with Crippen molar-refractivity contribution >= 4 is 17.9 Å². The lowest BCUT2D eigenvalue weighted by Gasteiger charge is -2.65. The molecule has 0 radical (unpaired) electrons. The van der Waals surface area contributed by atoms with Crippen LogP contribution in [0.1, 0.15) is 79.2 Å². The van der Waals surface area contributed by atoms with Gasteiger partial charge in [-0.1, -0.05) is 32.4 Å². The van der Waals surface area contributed by atoms with Crippen LogP contribution in [0.4, 0.5) is 0 Å². The Kier molecular flexibility index (Phi) is 6.81. The molecule has 6 rings (SSSR count). The predicted octanol–water partition coefficient (Wildman–Crippen LogP) is 4.64. The molecule has 2 aliphatic heterocycles. The van der Waals surface area contributed by atoms with E-state index in [2.05, 4.69) is 13.8 Å². The Labute approximate surface area is 246 Å². The van der Waals surface area contributed by atoms with Gasteiger partial charge in [-0.15, -0.1) is 0 Å². The first-order valence-corrected chi connectivity index (χ1v) is 15.0. The number of allylic oxidation sites excluding steroid dienone is 2. The zero-order valence-corrected chi connectivity index (χ0v) is 25.5. The highest BCUT2D eigenvalue weighted by Crippen LogP contribution is 2.72. The molecule has 228 valence electrons. The quantitative estimate of drug-likeness (QED) is 0.234. The second kappa shape index (κ2) is 9.81. The van der Waals surface area contributed by atoms with Gasteiger partial charge in [0.15, 0.2) is 0 Å². The number of rotatable bonds is 4. The minimum atomic E-state index is -0.904. The van der Waals surface area contributed by atoms with Crippen molar-refractivity contribution in [2.75, 3.05) is 6.61 Å². The fourth-order valence-electron chi connectivity index (χ4n) is 9.76. The fraction of sp³-hybridized carbons (Fsp3) is 0.667. The number of aliphatic hydroxyl groups is 1. The number of hydrogen-bond donors (Lipinski definition) is 1. The maximum Gasteiger partial charge on any atom is 0.333 e. The molecule has 0 aromatic carbocycles. The van der Waals surface area contributed by atoms with Crippen molar-refractivity contribution in [3.63, 3.8) is 0 Å². The van der Waals surface area contributed by atoms with Crippen LogP contribution in [0.2, 0.25) is 0 Å². The van der Waals surface area contributed by atoms with Gasteiger partial charge in [0.05, 0.1) is 31.3 Å². The van der Waals surface area contributed by atoms with Gasteiger partial charge in [-0.05, 0) is 50.3 Å². The van der Waals surface area contributed by atoms with E-state index >= 15 is 0 Å². The number of aliphatic hydroxyl groups excluding tert-OH is 1. The third kappa shape index (κ3) is 3.85. The molecule has 2 saturated carbocycles. The van der Waals surface area contributed by atoms with Gasteiger partial charge in [0.25, 0.3) is 0 Å². The second-order valence-electron chi connectivity index (χ2n) is 13.7. The first-order valence-electron chi connectivity index (χ1n) is 15.0. The van der Waals surface area contributed by atoms with Crippen LogP contribution in [0.5, 0.6) is 0 Å². The average molecular weight is 583 g/mol. The summed E-state index contributed by atoms with van der Waals surface area (Å²) in [6.45, 7) is 13.3. The van der Waals surface area contributed by atoms with Crippen molar-refractivity contribution in [1.29, 1.82) is 0 Å². The average Bonchev–Trinajstić information content (AvgIpc) is 3.64. The summed E-state index contributed by atoms with van der Waals surface area (Å²) in [6, 6.07) is 1.93. The molecule has 1 aromatic heterocycles. The number of carbonyl (C=O) groups excluding carboxylic acids is 3. The number of ether oxygens (including phenoxy) is 4. The summed E-state index contributed by atoms with van der Waals surface area (Å²) in [4.78, 5) is 39.3. The molecule has 0 bridgehead atoms. The van der Waals surface area contributed by atoms with Crippen LogP contribution in [0, 0.1) is 28.1 Å². The lowest BCUT2D eigenvalue weighted by Crippen LogP contribution is -2.71. The van der Waals surface area contributed by atoms with Crippen molar-refractivity contribution in [1.82, 2.24) is 0 Å². The number of furan rings is 1. The Hall–Kier alpha value is -2.91. The minimum absolute atomic E-state index is 0.0364. The normalized spacial score (nSPS) is 44.5. The molecule has 0 spiro atoms. The lowest BCUT2D eigenvalue weighted by atomic mass is 9.39. The summed E-state index contributed by atoms with van der Waals surface area (Å²) in [5, 5.41) is 12.0. The van der Waals surface area contributed by atoms with E-state index in [1.54, 1.807) is 32.4 Å². The Morgan fingerprint density at radius 1 is 1.14 bits per heavy atom. The van der Waals surface area contributed by atoms with Crippen LogP contribution in [0.3, 0.4) is 0 Å². The van der Waals surface area contributed by atoms with Crippen LogP contribution >= 0.6 is 0 Å². The van der Waals surface area contributed by atoms with E-state index in [-0.39, 0.29) is 37.3 Å². The first kappa shape index (κ1) is 29.2. The summed E-state index contributed by atoms with van der Waals surface area (Å²) < 4.78 is 30.5. The Balaban J connectivity index is 1.58. The molecule has 11 atom stereocenters. The van der Waals surface area contributed by atoms with Crippen molar-refractivity contribution in [2.45, 2.75) is 104 Å². The molecule has 0 amide bonds. The van der Waals surface area contributed by atoms with E-state index in [1.165, 1.54) is 6.92 Å². The van der Waals surface area contributed by atoms with Gasteiger partial charge in [-0.2, -0.15) is 0 Å². The van der Waals surface area contributed by atoms with Gasteiger partial charge in [0.2, 0.25) is 0 Å². The molecule has 1 aromatic rings. The molecule has 3 heterocycles. The molecule has 4 fully saturated rings. The Morgan fingerprint density at radius 3 is 2.52 bits per heavy atom. The second-order valence-corrected chi connectivity index (χ2v) is 13.7. The summed E-state index contributed by atoms with van der Waals surface area (Å²) in [5.41, 5.74) is 1.05. The van der Waals surface area contributed by atoms with Crippen molar-refractivity contribution < 1.29 is 42.9 Å². The van der Waals surface area contributed by atoms with E-state index in [1.807, 2.05) is 19.9 Å². The molecule has 5 aliphatic rings. The molecular weight excluding hydrogens is 540 g/mol. The summed E-state index contributed by atoms with van der Waals surface area (Å²) in [7, 11) is 0. The van der Waals surface area contributed by atoms with Gasteiger partial charge in [0.1, 0.15) is 18.3 Å². The number of hydrogen-bond acceptors (Lipinski definition) is 9. The highest BCUT2D eigenvalue weighted by atomic mass is 16.6. The third-order valence-corrected chi connectivity index (χ3v) is 11.7. The molecule has 1 N–H and O–H groups in total. The highest BCUT2D eigenvalue weighted by molar-refractivity contribution is 5.88. The van der Waals surface area contributed by atoms with E-state index in [0.29, 0.717) is 12.0 Å². The zero-order chi connectivity index (χ0) is 30.4. The van der Waals surface area contributed by atoms with Crippen LogP contribution < -0.4 is 0 Å². The van der Waals surface area contributed by atoms with Crippen LogP contribution in [0.15, 0.2) is 45.8 Å². The fourth-order valence-corrected chi connectivity index (χ4v) is 9.76.